The fourth-order valence-electron chi connectivity index (χ4n) is 2.91. The van der Waals surface area contributed by atoms with Gasteiger partial charge in [0.2, 0.25) is 0 Å². The largest absolute Gasteiger partial charge is 0.396 e. The average molecular weight is 362 g/mol. The summed E-state index contributed by atoms with van der Waals surface area (Å²) in [7, 11) is 0. The van der Waals surface area contributed by atoms with E-state index >= 15 is 0 Å². The molecule has 0 rings (SSSR count). The quantitative estimate of drug-likeness (QED) is 0.158. The minimum Gasteiger partial charge on any atom is -0.396 e. The van der Waals surface area contributed by atoms with E-state index in [2.05, 4.69) is 17.9 Å². The van der Waals surface area contributed by atoms with Gasteiger partial charge in [-0.05, 0) is 12.8 Å². The number of hydrogen-bond acceptors (Lipinski definition) is 2. The molecule has 0 aromatic heterocycles. The maximum Gasteiger partial charge on any atom is 0.130 e. The van der Waals surface area contributed by atoms with E-state index in [-0.39, 0.29) is 0 Å². The summed E-state index contributed by atoms with van der Waals surface area (Å²) in [6, 6.07) is 0. The third-order valence-corrected chi connectivity index (χ3v) is 4.66. The summed E-state index contributed by atoms with van der Waals surface area (Å²) in [6.07, 6.45) is 21.4. The monoisotopic (exact) mass is 361 g/mol. The number of nitrogens with one attached hydrogen (secondary N) is 1. The van der Waals surface area contributed by atoms with Crippen molar-refractivity contribution in [2.45, 2.75) is 103 Å². The van der Waals surface area contributed by atoms with Crippen molar-refractivity contribution in [2.24, 2.45) is 0 Å². The SMILES string of the molecule is OCCCCCCCCCCCCCCCCCCNC(=S)S. The summed E-state index contributed by atoms with van der Waals surface area (Å²) in [5, 5.41) is 11.8. The first-order valence-electron chi connectivity index (χ1n) is 9.85. The van der Waals surface area contributed by atoms with Crippen molar-refractivity contribution >= 4 is 29.2 Å². The van der Waals surface area contributed by atoms with Gasteiger partial charge in [-0.2, -0.15) is 0 Å². The molecule has 0 amide bonds. The second kappa shape index (κ2) is 20.2. The van der Waals surface area contributed by atoms with Gasteiger partial charge in [0.25, 0.3) is 0 Å². The molecule has 0 aliphatic rings. The van der Waals surface area contributed by atoms with Gasteiger partial charge >= 0.3 is 0 Å². The molecule has 0 saturated carbocycles. The fourth-order valence-corrected chi connectivity index (χ4v) is 3.12. The summed E-state index contributed by atoms with van der Waals surface area (Å²) in [6.45, 7) is 1.34. The maximum atomic E-state index is 8.70. The maximum absolute atomic E-state index is 8.70. The van der Waals surface area contributed by atoms with Crippen molar-refractivity contribution in [3.63, 3.8) is 0 Å². The van der Waals surface area contributed by atoms with E-state index in [0.29, 0.717) is 10.9 Å². The minimum atomic E-state index is 0.363. The zero-order chi connectivity index (χ0) is 17.0. The number of thiol groups is 1. The molecule has 0 aromatic rings. The van der Waals surface area contributed by atoms with Crippen molar-refractivity contribution in [3.8, 4) is 0 Å². The lowest BCUT2D eigenvalue weighted by atomic mass is 10.0. The van der Waals surface area contributed by atoms with E-state index in [1.54, 1.807) is 0 Å². The van der Waals surface area contributed by atoms with Crippen molar-refractivity contribution in [3.05, 3.63) is 0 Å². The Balaban J connectivity index is 2.96. The molecule has 0 fully saturated rings. The van der Waals surface area contributed by atoms with Crippen molar-refractivity contribution in [1.82, 2.24) is 5.32 Å². The lowest BCUT2D eigenvalue weighted by Crippen LogP contribution is -2.17. The topological polar surface area (TPSA) is 32.3 Å². The van der Waals surface area contributed by atoms with Gasteiger partial charge in [-0.25, -0.2) is 0 Å². The van der Waals surface area contributed by atoms with Crippen LogP contribution in [0.1, 0.15) is 103 Å². The van der Waals surface area contributed by atoms with Crippen LogP contribution >= 0.6 is 24.8 Å². The first-order chi connectivity index (χ1) is 11.3. The summed E-state index contributed by atoms with van der Waals surface area (Å²) in [5.41, 5.74) is 0. The molecular formula is C19H39NOS2. The van der Waals surface area contributed by atoms with Crippen molar-refractivity contribution < 1.29 is 5.11 Å². The second-order valence-corrected chi connectivity index (χ2v) is 7.77. The summed E-state index contributed by atoms with van der Waals surface area (Å²) in [4.78, 5) is 0. The van der Waals surface area contributed by atoms with Gasteiger partial charge < -0.3 is 10.4 Å². The lowest BCUT2D eigenvalue weighted by molar-refractivity contribution is 0.282. The highest BCUT2D eigenvalue weighted by molar-refractivity contribution is 8.11. The van der Waals surface area contributed by atoms with Gasteiger partial charge in [0.1, 0.15) is 4.32 Å². The van der Waals surface area contributed by atoms with Crippen LogP contribution in [-0.2, 0) is 0 Å². The Morgan fingerprint density at radius 1 is 0.609 bits per heavy atom. The van der Waals surface area contributed by atoms with Gasteiger partial charge in [-0.1, -0.05) is 102 Å². The molecule has 0 heterocycles. The molecule has 138 valence electrons. The van der Waals surface area contributed by atoms with Crippen LogP contribution in [0, 0.1) is 0 Å². The zero-order valence-electron chi connectivity index (χ0n) is 15.0. The van der Waals surface area contributed by atoms with Crippen LogP contribution in [0.5, 0.6) is 0 Å². The molecule has 23 heavy (non-hydrogen) atoms. The highest BCUT2D eigenvalue weighted by Crippen LogP contribution is 2.13. The van der Waals surface area contributed by atoms with Crippen molar-refractivity contribution in [2.75, 3.05) is 13.2 Å². The number of thiocarbonyl (C=S) groups is 1. The Hall–Kier alpha value is 0.200. The first kappa shape index (κ1) is 23.2. The van der Waals surface area contributed by atoms with Crippen LogP contribution in [-0.4, -0.2) is 22.6 Å². The second-order valence-electron chi connectivity index (χ2n) is 6.61. The van der Waals surface area contributed by atoms with E-state index < -0.39 is 0 Å². The van der Waals surface area contributed by atoms with Crippen molar-refractivity contribution in [1.29, 1.82) is 0 Å². The number of aliphatic hydroxyl groups excluding tert-OH is 1. The third-order valence-electron chi connectivity index (χ3n) is 4.36. The molecule has 0 unspecified atom stereocenters. The van der Waals surface area contributed by atoms with Crippen LogP contribution < -0.4 is 5.32 Å². The molecule has 0 aliphatic heterocycles. The first-order valence-corrected chi connectivity index (χ1v) is 10.7. The standard InChI is InChI=1S/C19H39NOS2/c21-18-16-14-12-10-8-6-4-2-1-3-5-7-9-11-13-15-17-20-19(22)23/h21H,1-18H2,(H2,20,22,23). The number of unbranched alkanes of at least 4 members (excludes halogenated alkanes) is 15. The van der Waals surface area contributed by atoms with Gasteiger partial charge in [0.05, 0.1) is 0 Å². The molecule has 0 radical (unpaired) electrons. The summed E-state index contributed by atoms with van der Waals surface area (Å²) >= 11 is 8.90. The normalized spacial score (nSPS) is 10.9. The molecule has 0 spiro atoms. The fraction of sp³-hybridized carbons (Fsp3) is 0.947. The Morgan fingerprint density at radius 3 is 1.22 bits per heavy atom. The Kier molecular flexibility index (Phi) is 20.4. The molecular weight excluding hydrogens is 322 g/mol. The highest BCUT2D eigenvalue weighted by atomic mass is 32.1. The highest BCUT2D eigenvalue weighted by Gasteiger charge is 1.95. The predicted octanol–water partition coefficient (Wildman–Crippen LogP) is 6.02. The van der Waals surface area contributed by atoms with Gasteiger partial charge in [-0.15, -0.1) is 12.6 Å². The average Bonchev–Trinajstić information content (AvgIpc) is 2.53. The van der Waals surface area contributed by atoms with E-state index in [4.69, 9.17) is 17.3 Å². The molecule has 0 atom stereocenters. The Labute approximate surface area is 155 Å². The third kappa shape index (κ3) is 22.2. The lowest BCUT2D eigenvalue weighted by Gasteiger charge is -2.04. The van der Waals surface area contributed by atoms with E-state index in [1.807, 2.05) is 0 Å². The number of aliphatic hydroxyl groups is 1. The summed E-state index contributed by atoms with van der Waals surface area (Å²) < 4.78 is 0.617. The van der Waals surface area contributed by atoms with E-state index in [1.165, 1.54) is 96.3 Å². The molecule has 0 saturated heterocycles. The number of hydrogen-bond donors (Lipinski definition) is 3. The van der Waals surface area contributed by atoms with Crippen LogP contribution in [0.4, 0.5) is 0 Å². The van der Waals surface area contributed by atoms with E-state index in [0.717, 1.165) is 13.0 Å². The number of rotatable bonds is 18. The molecule has 2 nitrogen and oxygen atoms in total. The predicted molar refractivity (Wildman–Crippen MR) is 111 cm³/mol. The molecule has 0 bridgehead atoms. The molecule has 0 aliphatic carbocycles. The van der Waals surface area contributed by atoms with Gasteiger partial charge in [0.15, 0.2) is 0 Å². The van der Waals surface area contributed by atoms with Crippen LogP contribution in [0.15, 0.2) is 0 Å². The Morgan fingerprint density at radius 2 is 0.913 bits per heavy atom. The van der Waals surface area contributed by atoms with Crippen LogP contribution in [0.3, 0.4) is 0 Å². The van der Waals surface area contributed by atoms with Crippen LogP contribution in [0.25, 0.3) is 0 Å². The summed E-state index contributed by atoms with van der Waals surface area (Å²) in [5.74, 6) is 0. The smallest absolute Gasteiger partial charge is 0.130 e. The van der Waals surface area contributed by atoms with Gasteiger partial charge in [-0.3, -0.25) is 0 Å². The molecule has 0 aromatic carbocycles. The van der Waals surface area contributed by atoms with Gasteiger partial charge in [0, 0.05) is 13.2 Å². The van der Waals surface area contributed by atoms with E-state index in [9.17, 15) is 0 Å². The zero-order valence-corrected chi connectivity index (χ0v) is 16.7. The molecule has 2 N–H and O–H groups in total. The molecule has 4 heteroatoms. The Bertz CT molecular complexity index is 250. The minimum absolute atomic E-state index is 0.363. The van der Waals surface area contributed by atoms with Crippen LogP contribution in [0.2, 0.25) is 0 Å².